The van der Waals surface area contributed by atoms with Gasteiger partial charge in [0, 0.05) is 37.9 Å². The lowest BCUT2D eigenvalue weighted by molar-refractivity contribution is -0.130. The van der Waals surface area contributed by atoms with Crippen molar-refractivity contribution in [1.82, 2.24) is 24.6 Å². The van der Waals surface area contributed by atoms with Crippen LogP contribution in [0.15, 0.2) is 42.7 Å². The van der Waals surface area contributed by atoms with Crippen LogP contribution in [0.1, 0.15) is 17.0 Å². The van der Waals surface area contributed by atoms with E-state index in [0.717, 1.165) is 28.6 Å². The number of amides is 1. The second kappa shape index (κ2) is 7.98. The van der Waals surface area contributed by atoms with E-state index in [0.29, 0.717) is 26.2 Å². The first-order valence-corrected chi connectivity index (χ1v) is 9.62. The van der Waals surface area contributed by atoms with Crippen molar-refractivity contribution in [3.05, 3.63) is 65.5 Å². The Kier molecular flexibility index (Phi) is 5.24. The van der Waals surface area contributed by atoms with Gasteiger partial charge in [0.25, 0.3) is 0 Å². The van der Waals surface area contributed by atoms with Gasteiger partial charge in [0.05, 0.1) is 12.1 Å². The number of hydrogen-bond acceptors (Lipinski definition) is 5. The molecule has 0 saturated carbocycles. The average Bonchev–Trinajstić information content (AvgIpc) is 3.08. The topological polar surface area (TPSA) is 67.2 Å². The van der Waals surface area contributed by atoms with Crippen molar-refractivity contribution >= 4 is 11.7 Å². The number of halogens is 1. The number of aromatic nitrogens is 4. The van der Waals surface area contributed by atoms with E-state index in [1.54, 1.807) is 18.5 Å². The van der Waals surface area contributed by atoms with E-state index >= 15 is 0 Å². The fourth-order valence-electron chi connectivity index (χ4n) is 3.56. The number of hydrogen-bond donors (Lipinski definition) is 0. The highest BCUT2D eigenvalue weighted by atomic mass is 19.1. The minimum Gasteiger partial charge on any atom is -0.353 e. The van der Waals surface area contributed by atoms with Crippen LogP contribution in [0.2, 0.25) is 0 Å². The molecule has 4 rings (SSSR count). The molecule has 1 amide bonds. The maximum atomic E-state index is 13.0. The molecule has 0 unspecified atom stereocenters. The number of anilines is 1. The molecule has 2 aromatic heterocycles. The number of rotatable bonds is 4. The molecule has 8 heteroatoms. The Morgan fingerprint density at radius 3 is 2.34 bits per heavy atom. The molecule has 3 heterocycles. The third-order valence-corrected chi connectivity index (χ3v) is 5.09. The Morgan fingerprint density at radius 2 is 1.69 bits per heavy atom. The highest BCUT2D eigenvalue weighted by Crippen LogP contribution is 2.18. The van der Waals surface area contributed by atoms with Gasteiger partial charge in [-0.2, -0.15) is 5.10 Å². The lowest BCUT2D eigenvalue weighted by atomic mass is 10.1. The van der Waals surface area contributed by atoms with E-state index in [-0.39, 0.29) is 18.1 Å². The van der Waals surface area contributed by atoms with Gasteiger partial charge in [-0.1, -0.05) is 12.1 Å². The number of aryl methyl sites for hydroxylation is 2. The summed E-state index contributed by atoms with van der Waals surface area (Å²) in [5, 5.41) is 4.48. The average molecular weight is 394 g/mol. The van der Waals surface area contributed by atoms with E-state index in [2.05, 4.69) is 20.0 Å². The summed E-state index contributed by atoms with van der Waals surface area (Å²) < 4.78 is 14.8. The van der Waals surface area contributed by atoms with E-state index in [9.17, 15) is 9.18 Å². The zero-order chi connectivity index (χ0) is 20.4. The van der Waals surface area contributed by atoms with E-state index in [1.165, 1.54) is 12.1 Å². The van der Waals surface area contributed by atoms with Gasteiger partial charge in [0.2, 0.25) is 5.91 Å². The van der Waals surface area contributed by atoms with Gasteiger partial charge in [0.15, 0.2) is 5.82 Å². The van der Waals surface area contributed by atoms with Gasteiger partial charge in [-0.25, -0.2) is 19.0 Å². The van der Waals surface area contributed by atoms with Gasteiger partial charge < -0.3 is 9.80 Å². The molecular weight excluding hydrogens is 371 g/mol. The molecule has 1 aliphatic rings. The van der Waals surface area contributed by atoms with Crippen LogP contribution in [-0.2, 0) is 11.2 Å². The maximum Gasteiger partial charge on any atom is 0.227 e. The number of nitrogens with zero attached hydrogens (tertiary/aromatic N) is 6. The first-order valence-electron chi connectivity index (χ1n) is 9.62. The smallest absolute Gasteiger partial charge is 0.227 e. The lowest BCUT2D eigenvalue weighted by Crippen LogP contribution is -2.49. The fourth-order valence-corrected chi connectivity index (χ4v) is 3.56. The molecule has 3 aromatic rings. The number of carbonyl (C=O) groups excluding carboxylic acids is 1. The summed E-state index contributed by atoms with van der Waals surface area (Å²) in [7, 11) is 0. The van der Waals surface area contributed by atoms with Crippen molar-refractivity contribution in [3.8, 4) is 5.82 Å². The van der Waals surface area contributed by atoms with Crippen molar-refractivity contribution in [1.29, 1.82) is 0 Å². The Morgan fingerprint density at radius 1 is 1.00 bits per heavy atom. The molecule has 0 radical (unpaired) electrons. The Hall–Kier alpha value is -3.29. The predicted octanol–water partition coefficient (Wildman–Crippen LogP) is 2.31. The number of piperazine rings is 1. The Bertz CT molecular complexity index is 1010. The second-order valence-electron chi connectivity index (χ2n) is 7.24. The molecule has 0 aliphatic carbocycles. The Balaban J connectivity index is 1.39. The SMILES string of the molecule is Cc1cc(C)n(-c2cc(N3CCN(C(=O)Cc4ccc(F)cc4)CC3)ncn2)n1. The fraction of sp³-hybridized carbons (Fsp3) is 0.333. The van der Waals surface area contributed by atoms with Crippen molar-refractivity contribution < 1.29 is 9.18 Å². The van der Waals surface area contributed by atoms with Crippen LogP contribution in [0.25, 0.3) is 5.82 Å². The van der Waals surface area contributed by atoms with Gasteiger partial charge in [-0.15, -0.1) is 0 Å². The van der Waals surface area contributed by atoms with Crippen LogP contribution < -0.4 is 4.90 Å². The zero-order valence-electron chi connectivity index (χ0n) is 16.5. The van der Waals surface area contributed by atoms with Crippen molar-refractivity contribution in [3.63, 3.8) is 0 Å². The molecule has 1 aliphatic heterocycles. The number of carbonyl (C=O) groups is 1. The summed E-state index contributed by atoms with van der Waals surface area (Å²) in [5.41, 5.74) is 2.78. The van der Waals surface area contributed by atoms with Crippen molar-refractivity contribution in [2.75, 3.05) is 31.1 Å². The zero-order valence-corrected chi connectivity index (χ0v) is 16.5. The molecule has 7 nitrogen and oxygen atoms in total. The summed E-state index contributed by atoms with van der Waals surface area (Å²) in [6.45, 7) is 6.59. The summed E-state index contributed by atoms with van der Waals surface area (Å²) in [6.07, 6.45) is 1.84. The quantitative estimate of drug-likeness (QED) is 0.679. The van der Waals surface area contributed by atoms with Crippen molar-refractivity contribution in [2.45, 2.75) is 20.3 Å². The maximum absolute atomic E-state index is 13.0. The second-order valence-corrected chi connectivity index (χ2v) is 7.24. The summed E-state index contributed by atoms with van der Waals surface area (Å²) in [5.74, 6) is 1.32. The lowest BCUT2D eigenvalue weighted by Gasteiger charge is -2.35. The monoisotopic (exact) mass is 394 g/mol. The minimum absolute atomic E-state index is 0.0577. The van der Waals surface area contributed by atoms with Crippen LogP contribution >= 0.6 is 0 Å². The van der Waals surface area contributed by atoms with Crippen LogP contribution in [0.3, 0.4) is 0 Å². The van der Waals surface area contributed by atoms with Gasteiger partial charge in [-0.05, 0) is 37.6 Å². The van der Waals surface area contributed by atoms with Crippen LogP contribution in [0, 0.1) is 19.7 Å². The van der Waals surface area contributed by atoms with Crippen LogP contribution in [0.5, 0.6) is 0 Å². The van der Waals surface area contributed by atoms with Crippen molar-refractivity contribution in [2.24, 2.45) is 0 Å². The van der Waals surface area contributed by atoms with Crippen LogP contribution in [0.4, 0.5) is 10.2 Å². The largest absolute Gasteiger partial charge is 0.353 e. The third kappa shape index (κ3) is 4.26. The summed E-state index contributed by atoms with van der Waals surface area (Å²) in [4.78, 5) is 25.3. The molecule has 1 saturated heterocycles. The van der Waals surface area contributed by atoms with Gasteiger partial charge in [-0.3, -0.25) is 4.79 Å². The molecule has 1 fully saturated rings. The summed E-state index contributed by atoms with van der Waals surface area (Å²) >= 11 is 0. The molecule has 1 aromatic carbocycles. The van der Waals surface area contributed by atoms with Crippen LogP contribution in [-0.4, -0.2) is 56.7 Å². The Labute approximate surface area is 168 Å². The molecular formula is C21H23FN6O. The first kappa shape index (κ1) is 19.0. The van der Waals surface area contributed by atoms with E-state index in [4.69, 9.17) is 0 Å². The molecule has 0 atom stereocenters. The summed E-state index contributed by atoms with van der Waals surface area (Å²) in [6, 6.07) is 10.0. The highest BCUT2D eigenvalue weighted by molar-refractivity contribution is 5.79. The molecule has 0 N–H and O–H groups in total. The van der Waals surface area contributed by atoms with E-state index < -0.39 is 0 Å². The predicted molar refractivity (Wildman–Crippen MR) is 108 cm³/mol. The normalized spacial score (nSPS) is 14.3. The molecule has 0 bridgehead atoms. The molecule has 0 spiro atoms. The highest BCUT2D eigenvalue weighted by Gasteiger charge is 2.22. The molecule has 150 valence electrons. The first-order chi connectivity index (χ1) is 14.0. The molecule has 29 heavy (non-hydrogen) atoms. The minimum atomic E-state index is -0.292. The van der Waals surface area contributed by atoms with E-state index in [1.807, 2.05) is 35.6 Å². The van der Waals surface area contributed by atoms with Gasteiger partial charge in [0.1, 0.15) is 18.0 Å². The third-order valence-electron chi connectivity index (χ3n) is 5.09. The standard InChI is InChI=1S/C21H23FN6O/c1-15-11-16(2)28(25-15)20-13-19(23-14-24-20)26-7-9-27(10-8-26)21(29)12-17-3-5-18(22)6-4-17/h3-6,11,13-14H,7-10,12H2,1-2H3. The van der Waals surface area contributed by atoms with Gasteiger partial charge >= 0.3 is 0 Å². The number of benzene rings is 1.